The molecule has 7 heteroatoms. The number of hydrogen-bond acceptors (Lipinski definition) is 7. The number of benzene rings is 2. The fourth-order valence-electron chi connectivity index (χ4n) is 2.80. The summed E-state index contributed by atoms with van der Waals surface area (Å²) in [4.78, 5) is 25.0. The molecule has 0 fully saturated rings. The highest BCUT2D eigenvalue weighted by Gasteiger charge is 2.22. The van der Waals surface area contributed by atoms with Crippen LogP contribution in [0.3, 0.4) is 0 Å². The first kappa shape index (κ1) is 22.2. The van der Waals surface area contributed by atoms with Crippen LogP contribution >= 0.6 is 0 Å². The van der Waals surface area contributed by atoms with Crippen LogP contribution < -0.4 is 11.5 Å². The molecule has 1 unspecified atom stereocenters. The summed E-state index contributed by atoms with van der Waals surface area (Å²) in [6, 6.07) is 13.1. The van der Waals surface area contributed by atoms with Crippen LogP contribution in [0.5, 0.6) is 0 Å². The minimum atomic E-state index is -1.07. The topological polar surface area (TPSA) is 125 Å². The fraction of sp³-hybridized carbons (Fsp3) is 0.364. The molecule has 0 bridgehead atoms. The summed E-state index contributed by atoms with van der Waals surface area (Å²) in [5, 5.41) is 9.34. The molecule has 29 heavy (non-hydrogen) atoms. The second-order valence-corrected chi connectivity index (χ2v) is 6.90. The average Bonchev–Trinajstić information content (AvgIpc) is 2.67. The van der Waals surface area contributed by atoms with Gasteiger partial charge in [0.25, 0.3) is 0 Å². The summed E-state index contributed by atoms with van der Waals surface area (Å²) >= 11 is 0. The van der Waals surface area contributed by atoms with E-state index in [1.807, 2.05) is 0 Å². The van der Waals surface area contributed by atoms with Crippen molar-refractivity contribution in [3.8, 4) is 0 Å². The van der Waals surface area contributed by atoms with Gasteiger partial charge in [-0.3, -0.25) is 0 Å². The SMILES string of the molecule is CC(O)CCCCCC(OC(=O)c1ccccc1N)OC(=O)c1ccccc1N. The largest absolute Gasteiger partial charge is 0.421 e. The number of carbonyl (C=O) groups excluding carboxylic acids is 2. The van der Waals surface area contributed by atoms with Crippen molar-refractivity contribution in [1.82, 2.24) is 0 Å². The van der Waals surface area contributed by atoms with Crippen LogP contribution in [0.15, 0.2) is 48.5 Å². The first-order valence-electron chi connectivity index (χ1n) is 9.67. The maximum Gasteiger partial charge on any atom is 0.343 e. The molecule has 156 valence electrons. The van der Waals surface area contributed by atoms with Gasteiger partial charge in [0.2, 0.25) is 6.29 Å². The number of aliphatic hydroxyl groups excluding tert-OH is 1. The molecule has 0 saturated carbocycles. The van der Waals surface area contributed by atoms with Crippen LogP contribution in [0.4, 0.5) is 11.4 Å². The zero-order chi connectivity index (χ0) is 21.2. The molecule has 1 atom stereocenters. The van der Waals surface area contributed by atoms with Crippen molar-refractivity contribution in [1.29, 1.82) is 0 Å². The van der Waals surface area contributed by atoms with E-state index in [1.54, 1.807) is 55.5 Å². The highest BCUT2D eigenvalue weighted by molar-refractivity contribution is 5.96. The Balaban J connectivity index is 2.04. The minimum absolute atomic E-state index is 0.210. The fourth-order valence-corrected chi connectivity index (χ4v) is 2.80. The third-order valence-electron chi connectivity index (χ3n) is 4.40. The van der Waals surface area contributed by atoms with Gasteiger partial charge >= 0.3 is 11.9 Å². The van der Waals surface area contributed by atoms with Gasteiger partial charge in [-0.05, 0) is 44.0 Å². The molecule has 2 rings (SSSR count). The van der Waals surface area contributed by atoms with Crippen molar-refractivity contribution in [2.24, 2.45) is 0 Å². The number of hydrogen-bond donors (Lipinski definition) is 3. The molecule has 0 aliphatic heterocycles. The number of anilines is 2. The lowest BCUT2D eigenvalue weighted by atomic mass is 10.1. The summed E-state index contributed by atoms with van der Waals surface area (Å²) in [7, 11) is 0. The number of esters is 2. The quantitative estimate of drug-likeness (QED) is 0.241. The maximum absolute atomic E-state index is 12.5. The lowest BCUT2D eigenvalue weighted by Crippen LogP contribution is -2.25. The van der Waals surface area contributed by atoms with Gasteiger partial charge in [0.05, 0.1) is 17.2 Å². The molecule has 0 spiro atoms. The van der Waals surface area contributed by atoms with Crippen LogP contribution in [-0.2, 0) is 9.47 Å². The molecule has 0 aliphatic rings. The van der Waals surface area contributed by atoms with Gasteiger partial charge in [-0.1, -0.05) is 37.1 Å². The van der Waals surface area contributed by atoms with Crippen LogP contribution in [-0.4, -0.2) is 29.4 Å². The predicted octanol–water partition coefficient (Wildman–Crippen LogP) is 3.52. The van der Waals surface area contributed by atoms with Crippen molar-refractivity contribution >= 4 is 23.3 Å². The van der Waals surface area contributed by atoms with Gasteiger partial charge in [-0.15, -0.1) is 0 Å². The summed E-state index contributed by atoms with van der Waals surface area (Å²) < 4.78 is 10.8. The lowest BCUT2D eigenvalue weighted by molar-refractivity contribution is -0.0836. The van der Waals surface area contributed by atoms with Gasteiger partial charge < -0.3 is 26.0 Å². The Morgan fingerprint density at radius 3 is 1.72 bits per heavy atom. The van der Waals surface area contributed by atoms with E-state index in [4.69, 9.17) is 20.9 Å². The van der Waals surface area contributed by atoms with Gasteiger partial charge in [-0.25, -0.2) is 9.59 Å². The molecule has 0 saturated heterocycles. The van der Waals surface area contributed by atoms with Gasteiger partial charge in [0.15, 0.2) is 0 Å². The van der Waals surface area contributed by atoms with E-state index in [0.717, 1.165) is 12.8 Å². The van der Waals surface area contributed by atoms with E-state index in [-0.39, 0.29) is 28.6 Å². The summed E-state index contributed by atoms with van der Waals surface area (Å²) in [5.41, 5.74) is 12.6. The Morgan fingerprint density at radius 2 is 1.28 bits per heavy atom. The average molecular weight is 400 g/mol. The second-order valence-electron chi connectivity index (χ2n) is 6.90. The molecule has 7 nitrogen and oxygen atoms in total. The smallest absolute Gasteiger partial charge is 0.343 e. The number of rotatable bonds is 10. The standard InChI is InChI=1S/C22H28N2O5/c1-15(25)9-3-2-4-14-20(28-21(26)16-10-5-7-12-18(16)23)29-22(27)17-11-6-8-13-19(17)24/h5-8,10-13,15,20,25H,2-4,9,14,23-24H2,1H3. The van der Waals surface area contributed by atoms with Crippen LogP contribution in [0, 0.1) is 0 Å². The summed E-state index contributed by atoms with van der Waals surface area (Å²) in [6.07, 6.45) is 1.87. The molecule has 2 aromatic rings. The summed E-state index contributed by atoms with van der Waals surface area (Å²) in [6.45, 7) is 1.74. The Hall–Kier alpha value is -3.06. The third kappa shape index (κ3) is 7.12. The first-order valence-corrected chi connectivity index (χ1v) is 9.67. The van der Waals surface area contributed by atoms with E-state index < -0.39 is 18.2 Å². The van der Waals surface area contributed by atoms with E-state index in [2.05, 4.69) is 0 Å². The number of nitrogen functional groups attached to an aromatic ring is 2. The molecule has 0 radical (unpaired) electrons. The van der Waals surface area contributed by atoms with Gasteiger partial charge in [0.1, 0.15) is 0 Å². The van der Waals surface area contributed by atoms with Crippen LogP contribution in [0.1, 0.15) is 59.7 Å². The molecule has 0 aromatic heterocycles. The van der Waals surface area contributed by atoms with E-state index >= 15 is 0 Å². The Morgan fingerprint density at radius 1 is 0.828 bits per heavy atom. The number of para-hydroxylation sites is 2. The Bertz CT molecular complexity index is 763. The lowest BCUT2D eigenvalue weighted by Gasteiger charge is -2.19. The monoisotopic (exact) mass is 400 g/mol. The zero-order valence-electron chi connectivity index (χ0n) is 16.5. The number of unbranched alkanes of at least 4 members (excludes halogenated alkanes) is 2. The van der Waals surface area contributed by atoms with Crippen molar-refractivity contribution < 1.29 is 24.2 Å². The molecule has 0 aliphatic carbocycles. The van der Waals surface area contributed by atoms with Gasteiger partial charge in [0, 0.05) is 17.8 Å². The van der Waals surface area contributed by atoms with E-state index in [0.29, 0.717) is 19.3 Å². The number of carbonyl (C=O) groups is 2. The summed E-state index contributed by atoms with van der Waals surface area (Å²) in [5.74, 6) is -1.32. The molecular formula is C22H28N2O5. The second kappa shape index (κ2) is 11.1. The van der Waals surface area contributed by atoms with Crippen molar-refractivity contribution in [3.05, 3.63) is 59.7 Å². The van der Waals surface area contributed by atoms with Crippen molar-refractivity contribution in [3.63, 3.8) is 0 Å². The number of nitrogens with two attached hydrogens (primary N) is 2. The Kier molecular flexibility index (Phi) is 8.48. The molecule has 2 aromatic carbocycles. The first-order chi connectivity index (χ1) is 13.9. The number of aliphatic hydroxyl groups is 1. The zero-order valence-corrected chi connectivity index (χ0v) is 16.5. The highest BCUT2D eigenvalue weighted by atomic mass is 16.7. The van der Waals surface area contributed by atoms with E-state index in [1.165, 1.54) is 0 Å². The predicted molar refractivity (Wildman–Crippen MR) is 111 cm³/mol. The normalized spacial score (nSPS) is 11.8. The molecule has 0 amide bonds. The number of ether oxygens (including phenoxy) is 2. The maximum atomic E-state index is 12.5. The molecular weight excluding hydrogens is 372 g/mol. The minimum Gasteiger partial charge on any atom is -0.421 e. The van der Waals surface area contributed by atoms with E-state index in [9.17, 15) is 14.7 Å². The Labute approximate surface area is 170 Å². The third-order valence-corrected chi connectivity index (χ3v) is 4.40. The molecule has 0 heterocycles. The van der Waals surface area contributed by atoms with Crippen LogP contribution in [0.25, 0.3) is 0 Å². The van der Waals surface area contributed by atoms with Gasteiger partial charge in [-0.2, -0.15) is 0 Å². The van der Waals surface area contributed by atoms with Crippen molar-refractivity contribution in [2.45, 2.75) is 51.4 Å². The van der Waals surface area contributed by atoms with Crippen LogP contribution in [0.2, 0.25) is 0 Å². The molecule has 5 N–H and O–H groups in total. The highest BCUT2D eigenvalue weighted by Crippen LogP contribution is 2.19. The van der Waals surface area contributed by atoms with Crippen molar-refractivity contribution in [2.75, 3.05) is 11.5 Å².